The second-order valence-corrected chi connectivity index (χ2v) is 10.0. The van der Waals surface area contributed by atoms with E-state index in [0.29, 0.717) is 22.1 Å². The summed E-state index contributed by atoms with van der Waals surface area (Å²) in [5, 5.41) is 11.4. The molecule has 2 aromatic carbocycles. The Morgan fingerprint density at radius 3 is 2.64 bits per heavy atom. The molecule has 33 heavy (non-hydrogen) atoms. The van der Waals surface area contributed by atoms with Crippen LogP contribution in [0.5, 0.6) is 0 Å². The number of nitrogens with one attached hydrogen (secondary N) is 3. The molecule has 0 aliphatic carbocycles. The lowest BCUT2D eigenvalue weighted by Gasteiger charge is -2.09. The minimum Gasteiger partial charge on any atom is -0.338 e. The predicted molar refractivity (Wildman–Crippen MR) is 120 cm³/mol. The number of rotatable bonds is 7. The average Bonchev–Trinajstić information content (AvgIpc) is 3.11. The fraction of sp³-hybridized carbons (Fsp3) is 0.200. The zero-order valence-electron chi connectivity index (χ0n) is 17.4. The van der Waals surface area contributed by atoms with Gasteiger partial charge in [0.2, 0.25) is 21.1 Å². The Labute approximate surface area is 191 Å². The lowest BCUT2D eigenvalue weighted by molar-refractivity contribution is -0.113. The average molecular weight is 493 g/mol. The van der Waals surface area contributed by atoms with Crippen molar-refractivity contribution in [3.63, 3.8) is 0 Å². The van der Waals surface area contributed by atoms with Crippen LogP contribution < -0.4 is 10.0 Å². The van der Waals surface area contributed by atoms with Crippen molar-refractivity contribution < 1.29 is 22.0 Å². The summed E-state index contributed by atoms with van der Waals surface area (Å²) in [5.74, 6) is -2.61. The number of halogens is 2. The lowest BCUT2D eigenvalue weighted by Crippen LogP contribution is -2.30. The van der Waals surface area contributed by atoms with Gasteiger partial charge < -0.3 is 10.3 Å². The van der Waals surface area contributed by atoms with Crippen LogP contribution in [0.1, 0.15) is 13.8 Å². The first-order valence-corrected chi connectivity index (χ1v) is 12.2. The maximum atomic E-state index is 13.3. The number of H-pyrrole nitrogens is 1. The van der Waals surface area contributed by atoms with E-state index in [1.54, 1.807) is 19.9 Å². The van der Waals surface area contributed by atoms with Crippen molar-refractivity contribution in [1.82, 2.24) is 24.9 Å². The fourth-order valence-corrected chi connectivity index (χ4v) is 4.91. The van der Waals surface area contributed by atoms with E-state index in [2.05, 4.69) is 30.2 Å². The van der Waals surface area contributed by atoms with Crippen molar-refractivity contribution in [3.05, 3.63) is 48.0 Å². The lowest BCUT2D eigenvalue weighted by atomic mass is 10.2. The third-order valence-corrected chi connectivity index (χ3v) is 6.90. The van der Waals surface area contributed by atoms with Crippen LogP contribution in [0.2, 0.25) is 0 Å². The number of benzene rings is 2. The first-order valence-electron chi connectivity index (χ1n) is 9.68. The van der Waals surface area contributed by atoms with E-state index in [9.17, 15) is 22.0 Å². The molecule has 0 unspecified atom stereocenters. The Hall–Kier alpha value is -3.16. The summed E-state index contributed by atoms with van der Waals surface area (Å²) in [4.78, 5) is 19.6. The van der Waals surface area contributed by atoms with Gasteiger partial charge in [-0.1, -0.05) is 11.8 Å². The van der Waals surface area contributed by atoms with Gasteiger partial charge in [-0.25, -0.2) is 26.9 Å². The number of aromatic amines is 1. The zero-order chi connectivity index (χ0) is 23.8. The quantitative estimate of drug-likeness (QED) is 0.338. The smallest absolute Gasteiger partial charge is 0.240 e. The largest absolute Gasteiger partial charge is 0.338 e. The number of amides is 1. The molecule has 1 amide bonds. The summed E-state index contributed by atoms with van der Waals surface area (Å²) in [6, 6.07) is 7.40. The van der Waals surface area contributed by atoms with E-state index in [1.807, 2.05) is 0 Å². The molecular weight excluding hydrogens is 474 g/mol. The maximum Gasteiger partial charge on any atom is 0.240 e. The summed E-state index contributed by atoms with van der Waals surface area (Å²) in [6.07, 6.45) is 0. The molecule has 0 saturated heterocycles. The molecule has 0 aliphatic heterocycles. The molecule has 0 saturated carbocycles. The highest BCUT2D eigenvalue weighted by Gasteiger charge is 2.18. The molecule has 9 nitrogen and oxygen atoms in total. The van der Waals surface area contributed by atoms with Gasteiger partial charge in [-0.3, -0.25) is 4.79 Å². The standard InChI is InChI=1S/C20H18F2N6O3S2/c1-10(2)28-33(30,31)12-4-6-16-13(8-12)18-19(24-16)25-20(27-26-18)32-9-17(29)23-11-3-5-14(21)15(22)7-11/h3-8,10,28H,9H2,1-2H3,(H,23,29)(H,24,25,27). The highest BCUT2D eigenvalue weighted by Crippen LogP contribution is 2.26. The van der Waals surface area contributed by atoms with Crippen molar-refractivity contribution in [2.24, 2.45) is 0 Å². The van der Waals surface area contributed by atoms with E-state index in [4.69, 9.17) is 0 Å². The number of carbonyl (C=O) groups is 1. The molecule has 4 aromatic rings. The Bertz CT molecular complexity index is 1470. The van der Waals surface area contributed by atoms with Gasteiger partial charge >= 0.3 is 0 Å². The van der Waals surface area contributed by atoms with E-state index in [0.717, 1.165) is 23.9 Å². The molecule has 3 N–H and O–H groups in total. The van der Waals surface area contributed by atoms with Crippen LogP contribution in [-0.2, 0) is 14.8 Å². The summed E-state index contributed by atoms with van der Waals surface area (Å²) >= 11 is 1.00. The van der Waals surface area contributed by atoms with Crippen molar-refractivity contribution in [2.75, 3.05) is 11.1 Å². The molecular formula is C20H18F2N6O3S2. The van der Waals surface area contributed by atoms with E-state index >= 15 is 0 Å². The normalized spacial score (nSPS) is 12.0. The van der Waals surface area contributed by atoms with Crippen LogP contribution in [-0.4, -0.2) is 46.3 Å². The molecule has 2 aromatic heterocycles. The molecule has 13 heteroatoms. The molecule has 4 rings (SSSR count). The molecule has 0 fully saturated rings. The Morgan fingerprint density at radius 1 is 1.12 bits per heavy atom. The summed E-state index contributed by atoms with van der Waals surface area (Å²) < 4.78 is 53.7. The summed E-state index contributed by atoms with van der Waals surface area (Å²) in [5.41, 5.74) is 1.54. The van der Waals surface area contributed by atoms with Crippen molar-refractivity contribution in [3.8, 4) is 0 Å². The predicted octanol–water partition coefficient (Wildman–Crippen LogP) is 3.20. The second kappa shape index (κ2) is 9.00. The number of anilines is 1. The summed E-state index contributed by atoms with van der Waals surface area (Å²) in [6.45, 7) is 3.46. The first-order chi connectivity index (χ1) is 15.6. The third kappa shape index (κ3) is 5.10. The van der Waals surface area contributed by atoms with Gasteiger partial charge in [-0.05, 0) is 44.2 Å². The minimum absolute atomic E-state index is 0.0876. The first kappa shape index (κ1) is 23.0. The van der Waals surface area contributed by atoms with Crippen LogP contribution in [0.25, 0.3) is 22.1 Å². The Kier molecular flexibility index (Phi) is 6.28. The van der Waals surface area contributed by atoms with Crippen LogP contribution in [0.15, 0.2) is 46.5 Å². The minimum atomic E-state index is -3.68. The van der Waals surface area contributed by atoms with Gasteiger partial charge in [0.25, 0.3) is 0 Å². The van der Waals surface area contributed by atoms with Crippen LogP contribution in [0.3, 0.4) is 0 Å². The number of aromatic nitrogens is 4. The number of fused-ring (bicyclic) bond motifs is 3. The highest BCUT2D eigenvalue weighted by atomic mass is 32.2. The number of carbonyl (C=O) groups excluding carboxylic acids is 1. The molecule has 0 bridgehead atoms. The maximum absolute atomic E-state index is 13.3. The van der Waals surface area contributed by atoms with Gasteiger partial charge in [-0.2, -0.15) is 0 Å². The SMILES string of the molecule is CC(C)NS(=O)(=O)c1ccc2[nH]c3nc(SCC(=O)Nc4ccc(F)c(F)c4)nnc3c2c1. The molecule has 0 atom stereocenters. The van der Waals surface area contributed by atoms with E-state index in [1.165, 1.54) is 18.2 Å². The Morgan fingerprint density at radius 2 is 1.91 bits per heavy atom. The van der Waals surface area contributed by atoms with E-state index in [-0.39, 0.29) is 27.5 Å². The van der Waals surface area contributed by atoms with Crippen LogP contribution >= 0.6 is 11.8 Å². The Balaban J connectivity index is 1.51. The second-order valence-electron chi connectivity index (χ2n) is 7.37. The van der Waals surface area contributed by atoms with Gasteiger partial charge in [0.1, 0.15) is 5.52 Å². The highest BCUT2D eigenvalue weighted by molar-refractivity contribution is 7.99. The van der Waals surface area contributed by atoms with Crippen molar-refractivity contribution in [1.29, 1.82) is 0 Å². The molecule has 0 spiro atoms. The fourth-order valence-electron chi connectivity index (χ4n) is 3.04. The third-order valence-electron chi connectivity index (χ3n) is 4.40. The molecule has 172 valence electrons. The van der Waals surface area contributed by atoms with Crippen molar-refractivity contribution >= 4 is 55.4 Å². The zero-order valence-corrected chi connectivity index (χ0v) is 19.0. The van der Waals surface area contributed by atoms with Crippen LogP contribution in [0.4, 0.5) is 14.5 Å². The van der Waals surface area contributed by atoms with Crippen LogP contribution in [0, 0.1) is 11.6 Å². The molecule has 2 heterocycles. The monoisotopic (exact) mass is 492 g/mol. The molecule has 0 aliphatic rings. The topological polar surface area (TPSA) is 130 Å². The molecule has 0 radical (unpaired) electrons. The van der Waals surface area contributed by atoms with Gasteiger partial charge in [0.15, 0.2) is 17.3 Å². The number of hydrogen-bond acceptors (Lipinski definition) is 7. The van der Waals surface area contributed by atoms with E-state index < -0.39 is 27.6 Å². The van der Waals surface area contributed by atoms with Gasteiger partial charge in [0.05, 0.1) is 10.6 Å². The van der Waals surface area contributed by atoms with Gasteiger partial charge in [-0.15, -0.1) is 10.2 Å². The number of nitrogens with zero attached hydrogens (tertiary/aromatic N) is 3. The summed E-state index contributed by atoms with van der Waals surface area (Å²) in [7, 11) is -3.68. The van der Waals surface area contributed by atoms with Crippen molar-refractivity contribution in [2.45, 2.75) is 29.9 Å². The van der Waals surface area contributed by atoms with Gasteiger partial charge in [0, 0.05) is 28.7 Å². The number of thioether (sulfide) groups is 1. The number of hydrogen-bond donors (Lipinski definition) is 3. The number of sulfonamides is 1.